The van der Waals surface area contributed by atoms with Gasteiger partial charge in [-0.1, -0.05) is 17.2 Å². The standard InChI is InChI=1S/C25H31N7O3/c1-18-24(33)29(2)14-15-30(18)16-17-35-21-6-4-19(5-7-21)20-10-12-31(13-11-20)23-9-8-22-26-27-25(34-3)32(22)28-23/h4-9,14-15,18,20H,10-13,16-17H2,1-3H3/q+2/t18-/m1/s1. The fourth-order valence-electron chi connectivity index (χ4n) is 4.70. The number of methoxy groups -OCH3 is 1. The Labute approximate surface area is 204 Å². The molecule has 2 aliphatic heterocycles. The average Bonchev–Trinajstić information content (AvgIpc) is 3.31. The van der Waals surface area contributed by atoms with Crippen molar-refractivity contribution in [3.8, 4) is 11.8 Å². The fraction of sp³-hybridized carbons (Fsp3) is 0.440. The molecule has 1 fully saturated rings. The van der Waals surface area contributed by atoms with Crippen LogP contribution in [0.25, 0.3) is 5.65 Å². The van der Waals surface area contributed by atoms with Gasteiger partial charge in [0.2, 0.25) is 12.4 Å². The van der Waals surface area contributed by atoms with Crippen LogP contribution in [0.15, 0.2) is 36.4 Å². The maximum Gasteiger partial charge on any atom is 0.454 e. The summed E-state index contributed by atoms with van der Waals surface area (Å²) in [6.07, 6.45) is 5.85. The minimum absolute atomic E-state index is 0.0951. The molecule has 0 spiro atoms. The van der Waals surface area contributed by atoms with E-state index in [1.54, 1.807) is 29.5 Å². The average molecular weight is 478 g/mol. The van der Waals surface area contributed by atoms with Crippen molar-refractivity contribution in [3.63, 3.8) is 0 Å². The summed E-state index contributed by atoms with van der Waals surface area (Å²) < 4.78 is 16.5. The van der Waals surface area contributed by atoms with Crippen LogP contribution in [0.4, 0.5) is 5.82 Å². The summed E-state index contributed by atoms with van der Waals surface area (Å²) in [6, 6.07) is 12.6. The van der Waals surface area contributed by atoms with Crippen LogP contribution in [0.5, 0.6) is 11.8 Å². The predicted octanol–water partition coefficient (Wildman–Crippen LogP) is 1.62. The van der Waals surface area contributed by atoms with Crippen LogP contribution in [0.2, 0.25) is 0 Å². The number of amides is 1. The van der Waals surface area contributed by atoms with Gasteiger partial charge in [-0.15, -0.1) is 10.2 Å². The minimum Gasteiger partial charge on any atom is -0.487 e. The summed E-state index contributed by atoms with van der Waals surface area (Å²) in [5.74, 6) is 2.36. The molecule has 1 amide bonds. The summed E-state index contributed by atoms with van der Waals surface area (Å²) in [5.41, 5.74) is 2.01. The van der Waals surface area contributed by atoms with Crippen LogP contribution < -0.4 is 14.4 Å². The second-order valence-electron chi connectivity index (χ2n) is 8.99. The Morgan fingerprint density at radius 2 is 1.83 bits per heavy atom. The van der Waals surface area contributed by atoms with Crippen molar-refractivity contribution in [2.45, 2.75) is 31.7 Å². The second kappa shape index (κ2) is 9.81. The van der Waals surface area contributed by atoms with E-state index in [1.807, 2.05) is 42.0 Å². The minimum atomic E-state index is -0.169. The van der Waals surface area contributed by atoms with Gasteiger partial charge in [-0.3, -0.25) is 0 Å². The quantitative estimate of drug-likeness (QED) is 0.478. The predicted molar refractivity (Wildman–Crippen MR) is 131 cm³/mol. The Hall–Kier alpha value is -3.82. The van der Waals surface area contributed by atoms with Crippen LogP contribution >= 0.6 is 0 Å². The second-order valence-corrected chi connectivity index (χ2v) is 8.99. The van der Waals surface area contributed by atoms with E-state index in [-0.39, 0.29) is 11.9 Å². The van der Waals surface area contributed by atoms with Gasteiger partial charge in [0.15, 0.2) is 12.2 Å². The lowest BCUT2D eigenvalue weighted by molar-refractivity contribution is -0.573. The Bertz CT molecular complexity index is 1270. The van der Waals surface area contributed by atoms with Crippen molar-refractivity contribution < 1.29 is 23.4 Å². The summed E-state index contributed by atoms with van der Waals surface area (Å²) in [6.45, 7) is 4.97. The Balaban J connectivity index is 1.14. The lowest BCUT2D eigenvalue weighted by atomic mass is 9.89. The summed E-state index contributed by atoms with van der Waals surface area (Å²) in [4.78, 5) is 14.4. The molecular weight excluding hydrogens is 446 g/mol. The van der Waals surface area contributed by atoms with Crippen LogP contribution in [0, 0.1) is 0 Å². The molecule has 10 nitrogen and oxygen atoms in total. The topological polar surface area (TPSA) is 87.9 Å². The first-order valence-corrected chi connectivity index (χ1v) is 12.0. The molecule has 0 aliphatic carbocycles. The third-order valence-electron chi connectivity index (χ3n) is 6.88. The zero-order chi connectivity index (χ0) is 24.4. The molecule has 4 heterocycles. The largest absolute Gasteiger partial charge is 0.487 e. The number of ether oxygens (including phenoxy) is 2. The number of benzene rings is 1. The number of nitrogens with zero attached hydrogens (tertiary/aromatic N) is 7. The normalized spacial score (nSPS) is 19.0. The number of likely N-dealkylation sites (N-methyl/N-ethyl adjacent to an activating group) is 1. The zero-order valence-corrected chi connectivity index (χ0v) is 20.4. The van der Waals surface area contributed by atoms with Crippen LogP contribution in [-0.4, -0.2) is 93.7 Å². The highest BCUT2D eigenvalue weighted by Crippen LogP contribution is 2.31. The number of hydrogen-bond acceptors (Lipinski definition) is 7. The number of rotatable bonds is 7. The molecule has 0 unspecified atom stereocenters. The molecule has 2 aromatic heterocycles. The van der Waals surface area contributed by atoms with E-state index in [0.29, 0.717) is 30.7 Å². The molecule has 0 saturated carbocycles. The Kier molecular flexibility index (Phi) is 6.43. The molecule has 1 atom stereocenters. The number of anilines is 1. The molecule has 5 rings (SSSR count). The van der Waals surface area contributed by atoms with Crippen molar-refractivity contribution >= 4 is 29.8 Å². The van der Waals surface area contributed by atoms with Crippen molar-refractivity contribution in [1.82, 2.24) is 19.8 Å². The third-order valence-corrected chi connectivity index (χ3v) is 6.88. The van der Waals surface area contributed by atoms with Crippen molar-refractivity contribution in [2.24, 2.45) is 0 Å². The number of piperidine rings is 1. The van der Waals surface area contributed by atoms with Gasteiger partial charge in [0, 0.05) is 20.0 Å². The Morgan fingerprint density at radius 3 is 2.57 bits per heavy atom. The van der Waals surface area contributed by atoms with Crippen LogP contribution in [0.3, 0.4) is 0 Å². The van der Waals surface area contributed by atoms with Gasteiger partial charge >= 0.3 is 11.9 Å². The molecule has 1 aromatic carbocycles. The van der Waals surface area contributed by atoms with Crippen molar-refractivity contribution in [1.29, 1.82) is 0 Å². The van der Waals surface area contributed by atoms with Gasteiger partial charge in [0.25, 0.3) is 6.04 Å². The SMILES string of the molecule is COc1nnc2ccc(N3CCC(c4ccc(OCC[N+]5=CC=[N+](C)C(=O)[C@H]5C)cc4)CC3)nn12. The first-order valence-electron chi connectivity index (χ1n) is 12.0. The molecule has 0 N–H and O–H groups in total. The highest BCUT2D eigenvalue weighted by atomic mass is 16.5. The molecule has 1 saturated heterocycles. The smallest absolute Gasteiger partial charge is 0.454 e. The van der Waals surface area contributed by atoms with E-state index < -0.39 is 0 Å². The zero-order valence-electron chi connectivity index (χ0n) is 20.4. The van der Waals surface area contributed by atoms with E-state index >= 15 is 0 Å². The summed E-state index contributed by atoms with van der Waals surface area (Å²) in [7, 11) is 3.35. The van der Waals surface area contributed by atoms with Gasteiger partial charge in [-0.25, -0.2) is 9.37 Å². The van der Waals surface area contributed by atoms with Gasteiger partial charge in [-0.05, 0) is 48.6 Å². The third kappa shape index (κ3) is 4.73. The molecule has 0 radical (unpaired) electrons. The molecular formula is C25H31N7O3+2. The van der Waals surface area contributed by atoms with E-state index in [0.717, 1.165) is 37.5 Å². The first-order chi connectivity index (χ1) is 17.0. The van der Waals surface area contributed by atoms with Gasteiger partial charge in [0.05, 0.1) is 7.11 Å². The monoisotopic (exact) mass is 477 g/mol. The molecule has 10 heteroatoms. The van der Waals surface area contributed by atoms with Gasteiger partial charge in [0.1, 0.15) is 25.2 Å². The molecule has 35 heavy (non-hydrogen) atoms. The van der Waals surface area contributed by atoms with Crippen LogP contribution in [-0.2, 0) is 4.79 Å². The molecule has 182 valence electrons. The lowest BCUT2D eigenvalue weighted by Gasteiger charge is -2.33. The highest BCUT2D eigenvalue weighted by molar-refractivity contribution is 6.13. The Morgan fingerprint density at radius 1 is 1.06 bits per heavy atom. The number of carbonyl (C=O) groups excluding carboxylic acids is 1. The van der Waals surface area contributed by atoms with Gasteiger partial charge < -0.3 is 14.4 Å². The maximum absolute atomic E-state index is 12.1. The number of carbonyl (C=O) groups is 1. The molecule has 0 bridgehead atoms. The van der Waals surface area contributed by atoms with Crippen molar-refractivity contribution in [2.75, 3.05) is 45.3 Å². The number of aromatic nitrogens is 4. The number of fused-ring (bicyclic) bond motifs is 1. The van der Waals surface area contributed by atoms with E-state index in [1.165, 1.54) is 5.56 Å². The number of hydrogen-bond donors (Lipinski definition) is 0. The van der Waals surface area contributed by atoms with E-state index in [9.17, 15) is 4.79 Å². The lowest BCUT2D eigenvalue weighted by Crippen LogP contribution is -2.44. The highest BCUT2D eigenvalue weighted by Gasteiger charge is 2.34. The van der Waals surface area contributed by atoms with Gasteiger partial charge in [-0.2, -0.15) is 9.09 Å². The summed E-state index contributed by atoms with van der Waals surface area (Å²) >= 11 is 0. The van der Waals surface area contributed by atoms with Crippen molar-refractivity contribution in [3.05, 3.63) is 42.0 Å². The van der Waals surface area contributed by atoms with E-state index in [2.05, 4.69) is 32.3 Å². The molecule has 3 aromatic rings. The van der Waals surface area contributed by atoms with E-state index in [4.69, 9.17) is 9.47 Å². The van der Waals surface area contributed by atoms with Crippen LogP contribution in [0.1, 0.15) is 31.2 Å². The summed E-state index contributed by atoms with van der Waals surface area (Å²) in [5, 5.41) is 12.7. The maximum atomic E-state index is 12.1. The first kappa shape index (κ1) is 22.9. The molecule has 2 aliphatic rings. The fourth-order valence-corrected chi connectivity index (χ4v) is 4.70.